The molecule has 1 aliphatic rings. The average Bonchev–Trinajstić information content (AvgIpc) is 2.73. The maximum atomic E-state index is 14.8. The summed E-state index contributed by atoms with van der Waals surface area (Å²) in [6, 6.07) is 5.26. The highest BCUT2D eigenvalue weighted by Gasteiger charge is 2.27. The first kappa shape index (κ1) is 21.4. The summed E-state index contributed by atoms with van der Waals surface area (Å²) in [5, 5.41) is 0. The van der Waals surface area contributed by atoms with Gasteiger partial charge in [-0.3, -0.25) is 0 Å². The largest absolute Gasteiger partial charge is 0.486 e. The molecule has 0 aromatic heterocycles. The van der Waals surface area contributed by atoms with Crippen molar-refractivity contribution in [3.05, 3.63) is 65.8 Å². The molecule has 1 aliphatic carbocycles. The van der Waals surface area contributed by atoms with E-state index in [-0.39, 0.29) is 29.4 Å². The molecule has 5 heteroatoms. The van der Waals surface area contributed by atoms with E-state index in [1.54, 1.807) is 0 Å². The summed E-state index contributed by atoms with van der Waals surface area (Å²) in [5.74, 6) is -4.29. The average molecular weight is 406 g/mol. The van der Waals surface area contributed by atoms with Gasteiger partial charge in [-0.15, -0.1) is 0 Å². The first-order valence-corrected chi connectivity index (χ1v) is 10.2. The Morgan fingerprint density at radius 1 is 0.897 bits per heavy atom. The van der Waals surface area contributed by atoms with E-state index in [9.17, 15) is 17.6 Å². The minimum atomic E-state index is -1.27. The molecule has 1 saturated carbocycles. The molecule has 2 aromatic carbocycles. The van der Waals surface area contributed by atoms with E-state index >= 15 is 0 Å². The van der Waals surface area contributed by atoms with E-state index in [1.165, 1.54) is 36.8 Å². The molecule has 29 heavy (non-hydrogen) atoms. The van der Waals surface area contributed by atoms with Crippen LogP contribution in [0.2, 0.25) is 0 Å². The molecule has 3 rings (SSSR count). The van der Waals surface area contributed by atoms with Gasteiger partial charge >= 0.3 is 0 Å². The predicted octanol–water partition coefficient (Wildman–Crippen LogP) is 7.55. The van der Waals surface area contributed by atoms with E-state index in [2.05, 4.69) is 13.5 Å². The maximum absolute atomic E-state index is 14.8. The lowest BCUT2D eigenvalue weighted by Gasteiger charge is -2.29. The van der Waals surface area contributed by atoms with Crippen LogP contribution in [-0.2, 0) is 0 Å². The van der Waals surface area contributed by atoms with Crippen molar-refractivity contribution < 1.29 is 22.3 Å². The molecule has 0 saturated heterocycles. The Labute approximate surface area is 169 Å². The van der Waals surface area contributed by atoms with Gasteiger partial charge in [-0.1, -0.05) is 44.6 Å². The first-order valence-electron chi connectivity index (χ1n) is 10.2. The van der Waals surface area contributed by atoms with Crippen molar-refractivity contribution in [3.8, 4) is 16.9 Å². The highest BCUT2D eigenvalue weighted by atomic mass is 19.2. The first-order chi connectivity index (χ1) is 14.0. The Bertz CT molecular complexity index is 870. The molecule has 1 nitrogen and oxygen atoms in total. The molecule has 0 radical (unpaired) electrons. The van der Waals surface area contributed by atoms with Gasteiger partial charge < -0.3 is 4.74 Å². The molecular formula is C24H26F4O. The van der Waals surface area contributed by atoms with Crippen molar-refractivity contribution in [3.63, 3.8) is 0 Å². The van der Waals surface area contributed by atoms with Crippen LogP contribution in [0.3, 0.4) is 0 Å². The summed E-state index contributed by atoms with van der Waals surface area (Å²) in [6.07, 6.45) is 7.35. The fourth-order valence-corrected chi connectivity index (χ4v) is 4.26. The summed E-state index contributed by atoms with van der Waals surface area (Å²) in [6.45, 7) is 5.60. The molecule has 0 N–H and O–H groups in total. The monoisotopic (exact) mass is 406 g/mol. The van der Waals surface area contributed by atoms with Crippen LogP contribution in [0.1, 0.15) is 56.9 Å². The van der Waals surface area contributed by atoms with E-state index in [1.807, 2.05) is 0 Å². The van der Waals surface area contributed by atoms with Crippen molar-refractivity contribution in [2.75, 3.05) is 6.61 Å². The third kappa shape index (κ3) is 4.49. The number of rotatable bonds is 7. The zero-order valence-corrected chi connectivity index (χ0v) is 16.6. The minimum absolute atomic E-state index is 0.00783. The van der Waals surface area contributed by atoms with E-state index in [0.29, 0.717) is 11.5 Å². The highest BCUT2D eigenvalue weighted by molar-refractivity contribution is 5.66. The standard InChI is InChI=1S/C24H26F4O/c1-3-5-15-6-8-16(9-7-15)17-10-11-18(22(26)21(17)25)19-12-13-20(29-14-4-2)24(28)23(19)27/h4,10-13,15-16H,2-3,5-9,14H2,1H3. The Balaban J connectivity index is 1.87. The van der Waals surface area contributed by atoms with Gasteiger partial charge in [-0.25, -0.2) is 13.2 Å². The van der Waals surface area contributed by atoms with Gasteiger partial charge in [-0.2, -0.15) is 4.39 Å². The SMILES string of the molecule is C=CCOc1ccc(-c2ccc(C3CCC(CCC)CC3)c(F)c2F)c(F)c1F. The second-order valence-corrected chi connectivity index (χ2v) is 7.68. The number of benzene rings is 2. The molecule has 0 amide bonds. The fourth-order valence-electron chi connectivity index (χ4n) is 4.26. The third-order valence-electron chi connectivity index (χ3n) is 5.79. The van der Waals surface area contributed by atoms with Crippen LogP contribution in [0.4, 0.5) is 17.6 Å². The molecule has 1 fully saturated rings. The van der Waals surface area contributed by atoms with Gasteiger partial charge in [0, 0.05) is 11.1 Å². The Morgan fingerprint density at radius 3 is 2.14 bits per heavy atom. The van der Waals surface area contributed by atoms with Crippen LogP contribution in [0, 0.1) is 29.2 Å². The highest BCUT2D eigenvalue weighted by Crippen LogP contribution is 2.40. The lowest BCUT2D eigenvalue weighted by atomic mass is 9.77. The molecule has 0 unspecified atom stereocenters. The lowest BCUT2D eigenvalue weighted by molar-refractivity contribution is 0.303. The second kappa shape index (κ2) is 9.47. The van der Waals surface area contributed by atoms with Gasteiger partial charge in [0.25, 0.3) is 0 Å². The smallest absolute Gasteiger partial charge is 0.201 e. The van der Waals surface area contributed by atoms with Crippen LogP contribution in [-0.4, -0.2) is 6.61 Å². The minimum Gasteiger partial charge on any atom is -0.486 e. The Morgan fingerprint density at radius 2 is 1.52 bits per heavy atom. The van der Waals surface area contributed by atoms with Gasteiger partial charge in [0.2, 0.25) is 5.82 Å². The second-order valence-electron chi connectivity index (χ2n) is 7.68. The normalized spacial score (nSPS) is 19.2. The van der Waals surface area contributed by atoms with Gasteiger partial charge in [0.05, 0.1) is 0 Å². The summed E-state index contributed by atoms with van der Waals surface area (Å²) in [7, 11) is 0. The number of halogens is 4. The molecule has 0 aliphatic heterocycles. The van der Waals surface area contributed by atoms with Crippen molar-refractivity contribution in [2.45, 2.75) is 51.4 Å². The van der Waals surface area contributed by atoms with E-state index in [0.717, 1.165) is 32.1 Å². The molecule has 156 valence electrons. The van der Waals surface area contributed by atoms with E-state index < -0.39 is 23.3 Å². The summed E-state index contributed by atoms with van der Waals surface area (Å²) in [5.41, 5.74) is -0.298. The van der Waals surface area contributed by atoms with Crippen molar-refractivity contribution in [2.24, 2.45) is 5.92 Å². The quantitative estimate of drug-likeness (QED) is 0.341. The van der Waals surface area contributed by atoms with Crippen molar-refractivity contribution in [1.82, 2.24) is 0 Å². The van der Waals surface area contributed by atoms with Crippen molar-refractivity contribution >= 4 is 0 Å². The van der Waals surface area contributed by atoms with Gasteiger partial charge in [-0.05, 0) is 55.2 Å². The van der Waals surface area contributed by atoms with Gasteiger partial charge in [0.1, 0.15) is 6.61 Å². The number of hydrogen-bond donors (Lipinski definition) is 0. The number of ether oxygens (including phenoxy) is 1. The van der Waals surface area contributed by atoms with E-state index in [4.69, 9.17) is 4.74 Å². The topological polar surface area (TPSA) is 9.23 Å². The molecule has 2 aromatic rings. The fraction of sp³-hybridized carbons (Fsp3) is 0.417. The molecule has 0 heterocycles. The lowest BCUT2D eigenvalue weighted by Crippen LogP contribution is -2.15. The Kier molecular flexibility index (Phi) is 6.99. The third-order valence-corrected chi connectivity index (χ3v) is 5.79. The molecular weight excluding hydrogens is 380 g/mol. The summed E-state index contributed by atoms with van der Waals surface area (Å²) < 4.78 is 63.4. The zero-order valence-electron chi connectivity index (χ0n) is 16.6. The molecule has 0 spiro atoms. The zero-order chi connectivity index (χ0) is 21.0. The van der Waals surface area contributed by atoms with Crippen LogP contribution >= 0.6 is 0 Å². The van der Waals surface area contributed by atoms with Crippen LogP contribution in [0.25, 0.3) is 11.1 Å². The summed E-state index contributed by atoms with van der Waals surface area (Å²) >= 11 is 0. The predicted molar refractivity (Wildman–Crippen MR) is 107 cm³/mol. The maximum Gasteiger partial charge on any atom is 0.201 e. The van der Waals surface area contributed by atoms with Gasteiger partial charge in [0.15, 0.2) is 23.2 Å². The molecule has 0 bridgehead atoms. The van der Waals surface area contributed by atoms with Crippen LogP contribution in [0.15, 0.2) is 36.9 Å². The summed E-state index contributed by atoms with van der Waals surface area (Å²) in [4.78, 5) is 0. The Hall–Kier alpha value is -2.30. The molecule has 0 atom stereocenters. The van der Waals surface area contributed by atoms with Crippen LogP contribution in [0.5, 0.6) is 5.75 Å². The number of hydrogen-bond acceptors (Lipinski definition) is 1. The van der Waals surface area contributed by atoms with Crippen molar-refractivity contribution in [1.29, 1.82) is 0 Å². The van der Waals surface area contributed by atoms with Crippen LogP contribution < -0.4 is 4.74 Å².